The van der Waals surface area contributed by atoms with Crippen LogP contribution in [0.1, 0.15) is 55.2 Å². The van der Waals surface area contributed by atoms with Crippen molar-refractivity contribution in [2.24, 2.45) is 5.92 Å². The molecule has 3 N–H and O–H groups in total. The van der Waals surface area contributed by atoms with Crippen molar-refractivity contribution in [2.45, 2.75) is 95.2 Å². The number of carbonyl (C=O) groups is 2. The molecule has 7 atom stereocenters. The van der Waals surface area contributed by atoms with Crippen molar-refractivity contribution in [3.05, 3.63) is 11.1 Å². The molecule has 186 valence electrons. The Balaban J connectivity index is 0.00000289. The summed E-state index contributed by atoms with van der Waals surface area (Å²) < 4.78 is 69.8. The molecule has 0 radical (unpaired) electrons. The summed E-state index contributed by atoms with van der Waals surface area (Å²) in [4.78, 5) is 25.1. The lowest BCUT2D eigenvalue weighted by Gasteiger charge is -2.42. The summed E-state index contributed by atoms with van der Waals surface area (Å²) >= 11 is 0. The number of amides is 2. The molecule has 1 saturated heterocycles. The number of halogens is 5. The predicted octanol–water partition coefficient (Wildman–Crippen LogP) is 3.32. The van der Waals surface area contributed by atoms with Gasteiger partial charge < -0.3 is 15.4 Å². The summed E-state index contributed by atoms with van der Waals surface area (Å²) in [7, 11) is 0. The first kappa shape index (κ1) is 24.9. The number of ether oxygens (including phenoxy) is 1. The van der Waals surface area contributed by atoms with Crippen LogP contribution in [0.25, 0.3) is 0 Å². The van der Waals surface area contributed by atoms with Gasteiger partial charge in [-0.1, -0.05) is 0 Å². The Morgan fingerprint density at radius 1 is 1.25 bits per heavy atom. The zero-order valence-corrected chi connectivity index (χ0v) is 18.1. The molecule has 0 aromatic rings. The van der Waals surface area contributed by atoms with Crippen molar-refractivity contribution in [3.63, 3.8) is 0 Å². The number of hydrogen-bond acceptors (Lipinski definition) is 4. The Kier molecular flexibility index (Phi) is 7.80. The summed E-state index contributed by atoms with van der Waals surface area (Å²) in [5.74, 6) is -1.35. The van der Waals surface area contributed by atoms with Gasteiger partial charge in [0.15, 0.2) is 0 Å². The Morgan fingerprint density at radius 2 is 1.97 bits per heavy atom. The summed E-state index contributed by atoms with van der Waals surface area (Å²) in [6.07, 6.45) is -6.84. The number of piperidine rings is 1. The first-order valence-corrected chi connectivity index (χ1v) is 11.0. The van der Waals surface area contributed by atoms with Crippen molar-refractivity contribution in [2.75, 3.05) is 6.61 Å². The zero-order chi connectivity index (χ0) is 23.6. The maximum atomic E-state index is 14.2. The van der Waals surface area contributed by atoms with E-state index in [4.69, 9.17) is 4.74 Å². The van der Waals surface area contributed by atoms with Crippen molar-refractivity contribution >= 4 is 11.8 Å². The highest BCUT2D eigenvalue weighted by Gasteiger charge is 2.40. The van der Waals surface area contributed by atoms with Gasteiger partial charge in [0.05, 0.1) is 12.5 Å². The maximum absolute atomic E-state index is 14.2. The molecule has 6 nitrogen and oxygen atoms in total. The van der Waals surface area contributed by atoms with E-state index in [0.717, 1.165) is 0 Å². The lowest BCUT2D eigenvalue weighted by Crippen LogP contribution is -2.61. The van der Waals surface area contributed by atoms with Crippen molar-refractivity contribution in [1.82, 2.24) is 16.0 Å². The van der Waals surface area contributed by atoms with Crippen LogP contribution in [0.5, 0.6) is 0 Å². The molecule has 0 spiro atoms. The average molecular weight is 472 g/mol. The molecule has 0 aromatic carbocycles. The molecule has 2 heterocycles. The monoisotopic (exact) mass is 471 g/mol. The van der Waals surface area contributed by atoms with E-state index in [1.54, 1.807) is 13.8 Å². The lowest BCUT2D eigenvalue weighted by molar-refractivity contribution is -0.192. The fraction of sp³-hybridized carbons (Fsp3) is 0.810. The fourth-order valence-corrected chi connectivity index (χ4v) is 4.88. The van der Waals surface area contributed by atoms with E-state index in [-0.39, 0.29) is 33.7 Å². The average Bonchev–Trinajstić information content (AvgIpc) is 2.69. The van der Waals surface area contributed by atoms with E-state index in [2.05, 4.69) is 16.0 Å². The van der Waals surface area contributed by atoms with Gasteiger partial charge in [0.2, 0.25) is 11.8 Å². The van der Waals surface area contributed by atoms with Gasteiger partial charge >= 0.3 is 6.18 Å². The van der Waals surface area contributed by atoms with Crippen molar-refractivity contribution in [1.29, 1.82) is 0 Å². The highest BCUT2D eigenvalue weighted by Crippen LogP contribution is 2.32. The van der Waals surface area contributed by atoms with Gasteiger partial charge in [0.1, 0.15) is 25.2 Å². The normalized spacial score (nSPS) is 34.5. The van der Waals surface area contributed by atoms with E-state index in [1.807, 2.05) is 0 Å². The van der Waals surface area contributed by atoms with Crippen molar-refractivity contribution < 1.29 is 39.1 Å². The van der Waals surface area contributed by atoms with Crippen LogP contribution in [0.4, 0.5) is 22.0 Å². The summed E-state index contributed by atoms with van der Waals surface area (Å²) in [5.41, 5.74) is 0.798. The summed E-state index contributed by atoms with van der Waals surface area (Å²) in [6, 6.07) is -1.27. The van der Waals surface area contributed by atoms with Crippen LogP contribution in [-0.2, 0) is 14.3 Å². The molecule has 2 aliphatic heterocycles. The minimum atomic E-state index is -4.44. The Labute approximate surface area is 186 Å². The lowest BCUT2D eigenvalue weighted by atomic mass is 9.82. The second kappa shape index (κ2) is 10.0. The largest absolute Gasteiger partial charge is 0.411 e. The number of hydrogen-bond donors (Lipinski definition) is 3. The smallest absolute Gasteiger partial charge is 0.354 e. The van der Waals surface area contributed by atoms with Gasteiger partial charge in [-0.25, -0.2) is 8.78 Å². The Hall–Kier alpha value is -1.75. The van der Waals surface area contributed by atoms with E-state index >= 15 is 0 Å². The third-order valence-corrected chi connectivity index (χ3v) is 6.62. The Bertz CT molecular complexity index is 756. The second-order valence-electron chi connectivity index (χ2n) is 9.00. The molecular weight excluding hydrogens is 437 g/mol. The number of fused-ring (bicyclic) bond motifs is 1. The van der Waals surface area contributed by atoms with Gasteiger partial charge in [0.25, 0.3) is 0 Å². The van der Waals surface area contributed by atoms with Gasteiger partial charge in [-0.15, -0.1) is 0 Å². The topological polar surface area (TPSA) is 79.5 Å². The van der Waals surface area contributed by atoms with Gasteiger partial charge in [-0.2, -0.15) is 13.2 Å². The van der Waals surface area contributed by atoms with Crippen LogP contribution in [0.15, 0.2) is 11.1 Å². The molecule has 1 saturated carbocycles. The van der Waals surface area contributed by atoms with E-state index < -0.39 is 61.2 Å². The number of carbonyl (C=O) groups excluding carboxylic acids is 2. The molecule has 2 fully saturated rings. The SMILES string of the molecule is CC1=C(CC(=O)N[C@@H](C)C2CCC(F)CC2F)C(=O)NC2CCC(OCC(F)(F)F)NC12.[HH].[HH]. The molecule has 2 amide bonds. The van der Waals surface area contributed by atoms with Gasteiger partial charge in [-0.3, -0.25) is 14.9 Å². The van der Waals surface area contributed by atoms with E-state index in [0.29, 0.717) is 24.8 Å². The Morgan fingerprint density at radius 3 is 2.62 bits per heavy atom. The predicted molar refractivity (Wildman–Crippen MR) is 110 cm³/mol. The van der Waals surface area contributed by atoms with E-state index in [1.165, 1.54) is 0 Å². The number of nitrogens with one attached hydrogen (secondary N) is 3. The molecule has 0 aromatic heterocycles. The highest BCUT2D eigenvalue weighted by atomic mass is 19.4. The molecule has 1 aliphatic carbocycles. The molecular formula is C21H34F5N3O3. The second-order valence-corrected chi connectivity index (χ2v) is 9.00. The molecule has 32 heavy (non-hydrogen) atoms. The maximum Gasteiger partial charge on any atom is 0.411 e. The van der Waals surface area contributed by atoms with Crippen LogP contribution in [0.3, 0.4) is 0 Å². The standard InChI is InChI=1S/C21H30F5N3O3.2H2/c1-10-14(8-17(30)27-11(2)13-4-3-12(22)7-15(13)23)20(31)28-16-5-6-18(29-19(10)16)32-9-21(24,25)26;;/h11-13,15-16,18-19,29H,3-9H2,1-2H3,(H,27,30)(H,28,31);2*1H/t11-,12?,13?,15?,16?,18?,19?;;/m0../s1. The van der Waals surface area contributed by atoms with Crippen LogP contribution in [0, 0.1) is 5.92 Å². The number of alkyl halides is 5. The number of rotatable bonds is 6. The van der Waals surface area contributed by atoms with Gasteiger partial charge in [-0.05, 0) is 45.1 Å². The summed E-state index contributed by atoms with van der Waals surface area (Å²) in [5, 5.41) is 8.51. The molecule has 3 aliphatic rings. The van der Waals surface area contributed by atoms with Crippen LogP contribution < -0.4 is 16.0 Å². The molecule has 6 unspecified atom stereocenters. The third-order valence-electron chi connectivity index (χ3n) is 6.62. The van der Waals surface area contributed by atoms with Crippen LogP contribution in [-0.4, -0.2) is 61.3 Å². The van der Waals surface area contributed by atoms with Crippen molar-refractivity contribution in [3.8, 4) is 0 Å². The molecule has 3 rings (SSSR count). The third kappa shape index (κ3) is 6.18. The first-order valence-electron chi connectivity index (χ1n) is 11.0. The highest BCUT2D eigenvalue weighted by molar-refractivity contribution is 6.00. The minimum Gasteiger partial charge on any atom is -0.354 e. The van der Waals surface area contributed by atoms with Crippen LogP contribution >= 0.6 is 0 Å². The first-order chi connectivity index (χ1) is 14.9. The summed E-state index contributed by atoms with van der Waals surface area (Å²) in [6.45, 7) is 1.96. The van der Waals surface area contributed by atoms with E-state index in [9.17, 15) is 31.5 Å². The molecule has 11 heteroatoms. The zero-order valence-electron chi connectivity index (χ0n) is 18.1. The fourth-order valence-electron chi connectivity index (χ4n) is 4.88. The quantitative estimate of drug-likeness (QED) is 0.520. The molecule has 0 bridgehead atoms. The van der Waals surface area contributed by atoms with Gasteiger partial charge in [0, 0.05) is 32.8 Å². The van der Waals surface area contributed by atoms with Crippen LogP contribution in [0.2, 0.25) is 0 Å². The minimum absolute atomic E-state index is 0.